The number of hydrogen-bond donors (Lipinski definition) is 1. The predicted molar refractivity (Wildman–Crippen MR) is 78.3 cm³/mol. The van der Waals surface area contributed by atoms with E-state index in [2.05, 4.69) is 30.9 Å². The second kappa shape index (κ2) is 6.75. The number of ether oxygens (including phenoxy) is 1. The van der Waals surface area contributed by atoms with Gasteiger partial charge in [-0.3, -0.25) is 4.79 Å². The van der Waals surface area contributed by atoms with E-state index in [1.807, 2.05) is 6.07 Å². The number of benzene rings is 1. The van der Waals surface area contributed by atoms with Gasteiger partial charge in [-0.2, -0.15) is 0 Å². The molecular weight excluding hydrogens is 254 g/mol. The van der Waals surface area contributed by atoms with Crippen molar-refractivity contribution in [3.05, 3.63) is 29.3 Å². The molecule has 0 atom stereocenters. The van der Waals surface area contributed by atoms with Gasteiger partial charge in [0.25, 0.3) is 0 Å². The lowest BCUT2D eigenvalue weighted by Crippen LogP contribution is -2.39. The minimum Gasteiger partial charge on any atom is -0.490 e. The van der Waals surface area contributed by atoms with Crippen LogP contribution in [0, 0.1) is 13.8 Å². The van der Waals surface area contributed by atoms with Crippen LogP contribution in [-0.2, 0) is 4.79 Å². The maximum atomic E-state index is 10.6. The second-order valence-corrected chi connectivity index (χ2v) is 5.55. The number of nitrogens with zero attached hydrogens (tertiary/aromatic N) is 1. The van der Waals surface area contributed by atoms with E-state index in [1.165, 1.54) is 11.1 Å². The van der Waals surface area contributed by atoms with Gasteiger partial charge in [-0.25, -0.2) is 0 Å². The van der Waals surface area contributed by atoms with Crippen molar-refractivity contribution < 1.29 is 14.6 Å². The number of rotatable bonds is 5. The molecule has 1 aromatic carbocycles. The van der Waals surface area contributed by atoms with Gasteiger partial charge in [0.15, 0.2) is 0 Å². The van der Waals surface area contributed by atoms with Gasteiger partial charge in [-0.15, -0.1) is 0 Å². The van der Waals surface area contributed by atoms with E-state index >= 15 is 0 Å². The van der Waals surface area contributed by atoms with Gasteiger partial charge in [-0.1, -0.05) is 6.07 Å². The summed E-state index contributed by atoms with van der Waals surface area (Å²) in [7, 11) is 0. The molecule has 0 aliphatic carbocycles. The summed E-state index contributed by atoms with van der Waals surface area (Å²) in [5.74, 6) is 0.218. The SMILES string of the molecule is Cc1ccc(OC2CCN(CCC(=O)O)CC2)cc1C. The van der Waals surface area contributed by atoms with E-state index in [-0.39, 0.29) is 12.5 Å². The normalized spacial score (nSPS) is 17.1. The first-order valence-corrected chi connectivity index (χ1v) is 7.22. The van der Waals surface area contributed by atoms with E-state index in [0.717, 1.165) is 31.7 Å². The molecule has 1 fully saturated rings. The molecule has 0 bridgehead atoms. The number of hydrogen-bond acceptors (Lipinski definition) is 3. The molecule has 4 heteroatoms. The molecule has 0 saturated carbocycles. The van der Waals surface area contributed by atoms with Crippen molar-refractivity contribution in [2.24, 2.45) is 0 Å². The lowest BCUT2D eigenvalue weighted by molar-refractivity contribution is -0.137. The first-order valence-electron chi connectivity index (χ1n) is 7.22. The van der Waals surface area contributed by atoms with Crippen molar-refractivity contribution in [2.45, 2.75) is 39.2 Å². The third kappa shape index (κ3) is 4.23. The molecule has 20 heavy (non-hydrogen) atoms. The Hall–Kier alpha value is -1.55. The summed E-state index contributed by atoms with van der Waals surface area (Å²) in [5, 5.41) is 8.69. The van der Waals surface area contributed by atoms with E-state index in [1.54, 1.807) is 0 Å². The summed E-state index contributed by atoms with van der Waals surface area (Å²) in [6.45, 7) is 6.67. The van der Waals surface area contributed by atoms with Crippen LogP contribution in [0.2, 0.25) is 0 Å². The Morgan fingerprint density at radius 3 is 2.60 bits per heavy atom. The molecule has 0 amide bonds. The van der Waals surface area contributed by atoms with Crippen LogP contribution >= 0.6 is 0 Å². The molecule has 1 saturated heterocycles. The Kier molecular flexibility index (Phi) is 5.01. The van der Waals surface area contributed by atoms with E-state index in [4.69, 9.17) is 9.84 Å². The van der Waals surface area contributed by atoms with Crippen LogP contribution in [-0.4, -0.2) is 41.7 Å². The van der Waals surface area contributed by atoms with Crippen molar-refractivity contribution in [1.82, 2.24) is 4.90 Å². The highest BCUT2D eigenvalue weighted by Gasteiger charge is 2.20. The van der Waals surface area contributed by atoms with Crippen LogP contribution < -0.4 is 4.74 Å². The van der Waals surface area contributed by atoms with Crippen LogP contribution in [0.3, 0.4) is 0 Å². The lowest BCUT2D eigenvalue weighted by atomic mass is 10.1. The fourth-order valence-electron chi connectivity index (χ4n) is 2.48. The third-order valence-electron chi connectivity index (χ3n) is 3.96. The van der Waals surface area contributed by atoms with Gasteiger partial charge in [0.1, 0.15) is 11.9 Å². The number of aliphatic carboxylic acids is 1. The molecule has 2 rings (SSSR count). The molecule has 0 unspecified atom stereocenters. The molecule has 1 aliphatic rings. The highest BCUT2D eigenvalue weighted by molar-refractivity contribution is 5.66. The van der Waals surface area contributed by atoms with E-state index in [0.29, 0.717) is 6.54 Å². The molecule has 0 spiro atoms. The Labute approximate surface area is 120 Å². The number of piperidine rings is 1. The number of carboxylic acid groups (broad SMARTS) is 1. The summed E-state index contributed by atoms with van der Waals surface area (Å²) in [5.41, 5.74) is 2.53. The summed E-state index contributed by atoms with van der Waals surface area (Å²) in [4.78, 5) is 12.8. The monoisotopic (exact) mass is 277 g/mol. The van der Waals surface area contributed by atoms with Gasteiger partial charge < -0.3 is 14.7 Å². The Bertz CT molecular complexity index is 465. The maximum absolute atomic E-state index is 10.6. The fraction of sp³-hybridized carbons (Fsp3) is 0.562. The summed E-state index contributed by atoms with van der Waals surface area (Å²) in [6, 6.07) is 6.21. The van der Waals surface area contributed by atoms with Crippen molar-refractivity contribution in [3.63, 3.8) is 0 Å². The van der Waals surface area contributed by atoms with Crippen molar-refractivity contribution in [2.75, 3.05) is 19.6 Å². The molecular formula is C16H23NO3. The van der Waals surface area contributed by atoms with Crippen molar-refractivity contribution in [3.8, 4) is 5.75 Å². The Balaban J connectivity index is 1.79. The highest BCUT2D eigenvalue weighted by Crippen LogP contribution is 2.21. The van der Waals surface area contributed by atoms with Gasteiger partial charge in [0.05, 0.1) is 6.42 Å². The van der Waals surface area contributed by atoms with E-state index in [9.17, 15) is 4.79 Å². The van der Waals surface area contributed by atoms with E-state index < -0.39 is 5.97 Å². The summed E-state index contributed by atoms with van der Waals surface area (Å²) >= 11 is 0. The summed E-state index contributed by atoms with van der Waals surface area (Å²) in [6.07, 6.45) is 2.40. The van der Waals surface area contributed by atoms with Crippen LogP contribution in [0.1, 0.15) is 30.4 Å². The molecule has 110 valence electrons. The van der Waals surface area contributed by atoms with Gasteiger partial charge >= 0.3 is 5.97 Å². The molecule has 1 aromatic rings. The van der Waals surface area contributed by atoms with Crippen molar-refractivity contribution >= 4 is 5.97 Å². The molecule has 0 aromatic heterocycles. The Morgan fingerprint density at radius 1 is 1.30 bits per heavy atom. The molecule has 1 aliphatic heterocycles. The fourth-order valence-corrected chi connectivity index (χ4v) is 2.48. The average molecular weight is 277 g/mol. The lowest BCUT2D eigenvalue weighted by Gasteiger charge is -2.31. The topological polar surface area (TPSA) is 49.8 Å². The van der Waals surface area contributed by atoms with Crippen molar-refractivity contribution in [1.29, 1.82) is 0 Å². The minimum atomic E-state index is -0.724. The first kappa shape index (κ1) is 14.9. The number of aryl methyl sites for hydroxylation is 2. The van der Waals surface area contributed by atoms with Crippen LogP contribution in [0.25, 0.3) is 0 Å². The molecule has 1 heterocycles. The molecule has 4 nitrogen and oxygen atoms in total. The Morgan fingerprint density at radius 2 is 2.00 bits per heavy atom. The summed E-state index contributed by atoms with van der Waals surface area (Å²) < 4.78 is 6.02. The average Bonchev–Trinajstić information content (AvgIpc) is 2.42. The zero-order valence-corrected chi connectivity index (χ0v) is 12.3. The predicted octanol–water partition coefficient (Wildman–Crippen LogP) is 2.62. The smallest absolute Gasteiger partial charge is 0.304 e. The zero-order chi connectivity index (χ0) is 14.5. The number of carboxylic acids is 1. The largest absolute Gasteiger partial charge is 0.490 e. The maximum Gasteiger partial charge on any atom is 0.304 e. The van der Waals surface area contributed by atoms with Gasteiger partial charge in [0, 0.05) is 19.6 Å². The zero-order valence-electron chi connectivity index (χ0n) is 12.3. The second-order valence-electron chi connectivity index (χ2n) is 5.55. The number of likely N-dealkylation sites (tertiary alicyclic amines) is 1. The quantitative estimate of drug-likeness (QED) is 0.899. The third-order valence-corrected chi connectivity index (χ3v) is 3.96. The van der Waals surface area contributed by atoms with Crippen LogP contribution in [0.15, 0.2) is 18.2 Å². The molecule has 1 N–H and O–H groups in total. The first-order chi connectivity index (χ1) is 9.54. The van der Waals surface area contributed by atoms with Crippen LogP contribution in [0.5, 0.6) is 5.75 Å². The van der Waals surface area contributed by atoms with Gasteiger partial charge in [-0.05, 0) is 49.9 Å². The number of carbonyl (C=O) groups is 1. The standard InChI is InChI=1S/C16H23NO3/c1-12-3-4-15(11-13(12)2)20-14-5-8-17(9-6-14)10-7-16(18)19/h3-4,11,14H,5-10H2,1-2H3,(H,18,19). The molecule has 0 radical (unpaired) electrons. The van der Waals surface area contributed by atoms with Crippen LogP contribution in [0.4, 0.5) is 0 Å². The minimum absolute atomic E-state index is 0.225. The highest BCUT2D eigenvalue weighted by atomic mass is 16.5. The van der Waals surface area contributed by atoms with Gasteiger partial charge in [0.2, 0.25) is 0 Å².